The van der Waals surface area contributed by atoms with Crippen molar-refractivity contribution >= 4 is 11.7 Å². The number of carboxylic acid groups (broad SMARTS) is 1. The van der Waals surface area contributed by atoms with Gasteiger partial charge in [-0.3, -0.25) is 4.79 Å². The smallest absolute Gasteiger partial charge is 0.305 e. The summed E-state index contributed by atoms with van der Waals surface area (Å²) in [6.07, 6.45) is 0.130. The minimum atomic E-state index is -0.782. The Balaban J connectivity index is 2.93. The highest BCUT2D eigenvalue weighted by atomic mass is 16.5. The highest BCUT2D eigenvalue weighted by molar-refractivity contribution is 5.68. The second-order valence-corrected chi connectivity index (χ2v) is 3.90. The third kappa shape index (κ3) is 3.66. The van der Waals surface area contributed by atoms with Crippen LogP contribution in [0.4, 0.5) is 5.69 Å². The molecule has 0 heterocycles. The first kappa shape index (κ1) is 13.4. The van der Waals surface area contributed by atoms with Crippen LogP contribution in [0.15, 0.2) is 18.2 Å². The fraction of sp³-hybridized carbons (Fsp3) is 0.462. The molecular formula is C13H19NO3. The van der Waals surface area contributed by atoms with Crippen molar-refractivity contribution in [1.82, 2.24) is 0 Å². The summed E-state index contributed by atoms with van der Waals surface area (Å²) in [6.45, 7) is 5.26. The highest BCUT2D eigenvalue weighted by Crippen LogP contribution is 2.29. The molecule has 0 aromatic heterocycles. The second-order valence-electron chi connectivity index (χ2n) is 3.90. The quantitative estimate of drug-likeness (QED) is 0.824. The summed E-state index contributed by atoms with van der Waals surface area (Å²) in [7, 11) is 1.62. The number of aryl methyl sites for hydroxylation is 1. The standard InChI is InChI=1S/C13H19NO3/c1-4-14(8-7-13(15)16)11-9-10(2)5-6-12(11)17-3/h5-6,9H,4,7-8H2,1-3H3,(H,15,16). The Morgan fingerprint density at radius 2 is 2.18 bits per heavy atom. The molecule has 94 valence electrons. The van der Waals surface area contributed by atoms with Crippen molar-refractivity contribution in [2.45, 2.75) is 20.3 Å². The molecule has 0 atom stereocenters. The van der Waals surface area contributed by atoms with Crippen molar-refractivity contribution < 1.29 is 14.6 Å². The van der Waals surface area contributed by atoms with Crippen molar-refractivity contribution in [3.8, 4) is 5.75 Å². The molecule has 1 aromatic carbocycles. The van der Waals surface area contributed by atoms with Gasteiger partial charge in [-0.15, -0.1) is 0 Å². The lowest BCUT2D eigenvalue weighted by atomic mass is 10.2. The SMILES string of the molecule is CCN(CCC(=O)O)c1cc(C)ccc1OC. The van der Waals surface area contributed by atoms with Gasteiger partial charge in [-0.25, -0.2) is 0 Å². The van der Waals surface area contributed by atoms with Gasteiger partial charge >= 0.3 is 5.97 Å². The summed E-state index contributed by atoms with van der Waals surface area (Å²) in [6, 6.07) is 5.91. The zero-order chi connectivity index (χ0) is 12.8. The van der Waals surface area contributed by atoms with E-state index in [-0.39, 0.29) is 6.42 Å². The Morgan fingerprint density at radius 1 is 1.47 bits per heavy atom. The zero-order valence-electron chi connectivity index (χ0n) is 10.6. The first-order chi connectivity index (χ1) is 8.08. The lowest BCUT2D eigenvalue weighted by Gasteiger charge is -2.24. The van der Waals surface area contributed by atoms with Crippen molar-refractivity contribution in [1.29, 1.82) is 0 Å². The van der Waals surface area contributed by atoms with E-state index >= 15 is 0 Å². The molecule has 17 heavy (non-hydrogen) atoms. The fourth-order valence-corrected chi connectivity index (χ4v) is 1.73. The van der Waals surface area contributed by atoms with E-state index in [1.807, 2.05) is 36.9 Å². The molecule has 0 spiro atoms. The Labute approximate surface area is 102 Å². The van der Waals surface area contributed by atoms with Crippen LogP contribution >= 0.6 is 0 Å². The monoisotopic (exact) mass is 237 g/mol. The Hall–Kier alpha value is -1.71. The summed E-state index contributed by atoms with van der Waals surface area (Å²) < 4.78 is 5.30. The number of carboxylic acids is 1. The largest absolute Gasteiger partial charge is 0.495 e. The van der Waals surface area contributed by atoms with Gasteiger partial charge in [-0.2, -0.15) is 0 Å². The summed E-state index contributed by atoms with van der Waals surface area (Å²) >= 11 is 0. The molecule has 4 nitrogen and oxygen atoms in total. The summed E-state index contributed by atoms with van der Waals surface area (Å²) in [5.41, 5.74) is 2.09. The van der Waals surface area contributed by atoms with Gasteiger partial charge < -0.3 is 14.7 Å². The van der Waals surface area contributed by atoms with Crippen LogP contribution in [0.5, 0.6) is 5.75 Å². The van der Waals surface area contributed by atoms with Gasteiger partial charge in [0, 0.05) is 13.1 Å². The van der Waals surface area contributed by atoms with E-state index in [2.05, 4.69) is 0 Å². The number of rotatable bonds is 6. The normalized spacial score (nSPS) is 10.1. The van der Waals surface area contributed by atoms with E-state index in [0.29, 0.717) is 6.54 Å². The number of hydrogen-bond donors (Lipinski definition) is 1. The third-order valence-electron chi connectivity index (χ3n) is 2.65. The van der Waals surface area contributed by atoms with E-state index in [0.717, 1.165) is 23.5 Å². The van der Waals surface area contributed by atoms with Crippen LogP contribution in [0.2, 0.25) is 0 Å². The number of carbonyl (C=O) groups is 1. The van der Waals surface area contributed by atoms with Crippen LogP contribution in [0.3, 0.4) is 0 Å². The molecule has 0 aliphatic heterocycles. The van der Waals surface area contributed by atoms with Gasteiger partial charge in [0.25, 0.3) is 0 Å². The molecule has 0 radical (unpaired) electrons. The molecule has 4 heteroatoms. The average Bonchev–Trinajstić information content (AvgIpc) is 2.30. The predicted octanol–water partition coefficient (Wildman–Crippen LogP) is 2.30. The Kier molecular flexibility index (Phi) is 4.82. The van der Waals surface area contributed by atoms with Gasteiger partial charge in [0.15, 0.2) is 0 Å². The van der Waals surface area contributed by atoms with Gasteiger partial charge in [0.2, 0.25) is 0 Å². The molecule has 1 rings (SSSR count). The van der Waals surface area contributed by atoms with Gasteiger partial charge in [0.05, 0.1) is 19.2 Å². The van der Waals surface area contributed by atoms with E-state index in [1.54, 1.807) is 7.11 Å². The number of nitrogens with zero attached hydrogens (tertiary/aromatic N) is 1. The molecule has 0 saturated carbocycles. The van der Waals surface area contributed by atoms with Crippen LogP contribution in [-0.2, 0) is 4.79 Å². The van der Waals surface area contributed by atoms with E-state index in [9.17, 15) is 4.79 Å². The summed E-state index contributed by atoms with van der Waals surface area (Å²) in [5.74, 6) is -0.00194. The first-order valence-corrected chi connectivity index (χ1v) is 5.69. The maximum atomic E-state index is 10.6. The van der Waals surface area contributed by atoms with Crippen LogP contribution in [0.1, 0.15) is 18.9 Å². The first-order valence-electron chi connectivity index (χ1n) is 5.69. The Morgan fingerprint density at radius 3 is 2.71 bits per heavy atom. The van der Waals surface area contributed by atoms with Crippen molar-refractivity contribution in [2.24, 2.45) is 0 Å². The molecule has 0 aliphatic rings. The molecule has 0 saturated heterocycles. The lowest BCUT2D eigenvalue weighted by Crippen LogP contribution is -2.26. The minimum Gasteiger partial charge on any atom is -0.495 e. The number of hydrogen-bond acceptors (Lipinski definition) is 3. The summed E-state index contributed by atoms with van der Waals surface area (Å²) in [4.78, 5) is 12.6. The second kappa shape index (κ2) is 6.13. The number of benzene rings is 1. The molecule has 0 aliphatic carbocycles. The molecule has 0 amide bonds. The fourth-order valence-electron chi connectivity index (χ4n) is 1.73. The van der Waals surface area contributed by atoms with E-state index in [1.165, 1.54) is 0 Å². The maximum Gasteiger partial charge on any atom is 0.305 e. The average molecular weight is 237 g/mol. The third-order valence-corrected chi connectivity index (χ3v) is 2.65. The van der Waals surface area contributed by atoms with E-state index < -0.39 is 5.97 Å². The molecule has 1 N–H and O–H groups in total. The molecule has 0 bridgehead atoms. The van der Waals surface area contributed by atoms with Gasteiger partial charge in [-0.05, 0) is 31.5 Å². The molecule has 0 fully saturated rings. The predicted molar refractivity (Wildman–Crippen MR) is 67.9 cm³/mol. The topological polar surface area (TPSA) is 49.8 Å². The maximum absolute atomic E-state index is 10.6. The molecular weight excluding hydrogens is 218 g/mol. The van der Waals surface area contributed by atoms with Gasteiger partial charge in [0.1, 0.15) is 5.75 Å². The van der Waals surface area contributed by atoms with Crippen molar-refractivity contribution in [3.63, 3.8) is 0 Å². The van der Waals surface area contributed by atoms with Crippen LogP contribution in [0.25, 0.3) is 0 Å². The minimum absolute atomic E-state index is 0.130. The van der Waals surface area contributed by atoms with Gasteiger partial charge in [-0.1, -0.05) is 6.07 Å². The van der Waals surface area contributed by atoms with Crippen LogP contribution in [0, 0.1) is 6.92 Å². The Bertz CT molecular complexity index is 390. The number of methoxy groups -OCH3 is 1. The van der Waals surface area contributed by atoms with E-state index in [4.69, 9.17) is 9.84 Å². The van der Waals surface area contributed by atoms with Crippen molar-refractivity contribution in [2.75, 3.05) is 25.1 Å². The number of ether oxygens (including phenoxy) is 1. The molecule has 0 unspecified atom stereocenters. The number of anilines is 1. The zero-order valence-corrected chi connectivity index (χ0v) is 10.6. The summed E-state index contributed by atoms with van der Waals surface area (Å²) in [5, 5.41) is 8.73. The lowest BCUT2D eigenvalue weighted by molar-refractivity contribution is -0.136. The number of aliphatic carboxylic acids is 1. The van der Waals surface area contributed by atoms with Crippen LogP contribution in [-0.4, -0.2) is 31.3 Å². The van der Waals surface area contributed by atoms with Crippen molar-refractivity contribution in [3.05, 3.63) is 23.8 Å². The van der Waals surface area contributed by atoms with Crippen LogP contribution < -0.4 is 9.64 Å². The highest BCUT2D eigenvalue weighted by Gasteiger charge is 2.11. The molecule has 1 aromatic rings.